The van der Waals surface area contributed by atoms with Gasteiger partial charge in [0.2, 0.25) is 5.91 Å². The van der Waals surface area contributed by atoms with Crippen LogP contribution in [0.5, 0.6) is 0 Å². The highest BCUT2D eigenvalue weighted by Crippen LogP contribution is 2.23. The van der Waals surface area contributed by atoms with Gasteiger partial charge in [0.25, 0.3) is 5.91 Å². The van der Waals surface area contributed by atoms with E-state index in [2.05, 4.69) is 0 Å². The summed E-state index contributed by atoms with van der Waals surface area (Å²) < 4.78 is 23.0. The number of piperazine rings is 1. The molecule has 2 heterocycles. The molecule has 1 aromatic rings. The number of carbonyl (C=O) groups excluding carboxylic acids is 2. The van der Waals surface area contributed by atoms with E-state index < -0.39 is 9.84 Å². The highest BCUT2D eigenvalue weighted by molar-refractivity contribution is 7.91. The highest BCUT2D eigenvalue weighted by Gasteiger charge is 2.32. The molecule has 2 saturated heterocycles. The molecule has 0 N–H and O–H groups in total. The van der Waals surface area contributed by atoms with Crippen molar-refractivity contribution in [3.8, 4) is 0 Å². The van der Waals surface area contributed by atoms with Gasteiger partial charge in [-0.25, -0.2) is 8.42 Å². The summed E-state index contributed by atoms with van der Waals surface area (Å²) in [6, 6.07) is 6.83. The van der Waals surface area contributed by atoms with Gasteiger partial charge in [-0.3, -0.25) is 9.59 Å². The molecule has 2 fully saturated rings. The second-order valence-corrected chi connectivity index (χ2v) is 9.32. The molecule has 0 radical (unpaired) electrons. The molecular weight excluding hydrogens is 364 g/mol. The Labute approximate surface area is 152 Å². The fraction of sp³-hybridized carbons (Fsp3) is 0.529. The number of nitrogens with zero attached hydrogens (tertiary/aromatic N) is 2. The number of carbonyl (C=O) groups is 2. The minimum absolute atomic E-state index is 0.0167. The first-order valence-corrected chi connectivity index (χ1v) is 10.6. The Morgan fingerprint density at radius 3 is 2.40 bits per heavy atom. The van der Waals surface area contributed by atoms with Crippen molar-refractivity contribution >= 4 is 33.3 Å². The third-order valence-electron chi connectivity index (χ3n) is 4.78. The van der Waals surface area contributed by atoms with Gasteiger partial charge in [-0.15, -0.1) is 0 Å². The van der Waals surface area contributed by atoms with Gasteiger partial charge in [-0.2, -0.15) is 0 Å². The molecule has 2 aliphatic heterocycles. The van der Waals surface area contributed by atoms with Crippen LogP contribution in [0.15, 0.2) is 24.3 Å². The minimum Gasteiger partial charge on any atom is -0.339 e. The van der Waals surface area contributed by atoms with Gasteiger partial charge in [0.05, 0.1) is 11.5 Å². The monoisotopic (exact) mass is 384 g/mol. The maximum Gasteiger partial charge on any atom is 0.254 e. The van der Waals surface area contributed by atoms with Crippen molar-refractivity contribution in [2.75, 3.05) is 37.7 Å². The molecule has 1 aromatic carbocycles. The van der Waals surface area contributed by atoms with Gasteiger partial charge in [-0.1, -0.05) is 17.7 Å². The Bertz CT molecular complexity index is 773. The molecule has 3 rings (SSSR count). The van der Waals surface area contributed by atoms with E-state index >= 15 is 0 Å². The number of benzene rings is 1. The average Bonchev–Trinajstić information content (AvgIpc) is 2.93. The van der Waals surface area contributed by atoms with Gasteiger partial charge in [0, 0.05) is 43.2 Å². The van der Waals surface area contributed by atoms with Crippen LogP contribution < -0.4 is 0 Å². The van der Waals surface area contributed by atoms with E-state index in [0.717, 1.165) is 0 Å². The lowest BCUT2D eigenvalue weighted by Gasteiger charge is -2.35. The van der Waals surface area contributed by atoms with Crippen LogP contribution >= 0.6 is 11.6 Å². The summed E-state index contributed by atoms with van der Waals surface area (Å²) in [4.78, 5) is 28.3. The highest BCUT2D eigenvalue weighted by atomic mass is 35.5. The molecule has 2 amide bonds. The number of hydrogen-bond acceptors (Lipinski definition) is 4. The lowest BCUT2D eigenvalue weighted by Crippen LogP contribution is -2.50. The van der Waals surface area contributed by atoms with Crippen molar-refractivity contribution in [2.45, 2.75) is 12.8 Å². The van der Waals surface area contributed by atoms with Gasteiger partial charge in [0.1, 0.15) is 0 Å². The Kier molecular flexibility index (Phi) is 5.34. The smallest absolute Gasteiger partial charge is 0.254 e. The molecule has 0 aliphatic carbocycles. The zero-order chi connectivity index (χ0) is 18.0. The molecule has 6 nitrogen and oxygen atoms in total. The fourth-order valence-electron chi connectivity index (χ4n) is 3.37. The van der Waals surface area contributed by atoms with Gasteiger partial charge < -0.3 is 9.80 Å². The largest absolute Gasteiger partial charge is 0.339 e. The quantitative estimate of drug-likeness (QED) is 0.790. The molecular formula is C17H21ClN2O4S. The summed E-state index contributed by atoms with van der Waals surface area (Å²) >= 11 is 5.93. The van der Waals surface area contributed by atoms with Crippen molar-refractivity contribution in [3.05, 3.63) is 34.9 Å². The number of amides is 2. The van der Waals surface area contributed by atoms with Crippen LogP contribution in [0.1, 0.15) is 23.2 Å². The molecule has 2 aliphatic rings. The third-order valence-corrected chi connectivity index (χ3v) is 6.85. The van der Waals surface area contributed by atoms with E-state index in [9.17, 15) is 18.0 Å². The third kappa shape index (κ3) is 4.52. The van der Waals surface area contributed by atoms with E-state index in [-0.39, 0.29) is 35.7 Å². The van der Waals surface area contributed by atoms with E-state index in [1.807, 2.05) is 0 Å². The predicted octanol–water partition coefficient (Wildman–Crippen LogP) is 1.45. The number of sulfone groups is 1. The molecule has 8 heteroatoms. The topological polar surface area (TPSA) is 74.8 Å². The van der Waals surface area contributed by atoms with E-state index in [1.165, 1.54) is 0 Å². The summed E-state index contributed by atoms with van der Waals surface area (Å²) in [5.74, 6) is 0.135. The Balaban J connectivity index is 1.51. The molecule has 1 atom stereocenters. The molecule has 136 valence electrons. The van der Waals surface area contributed by atoms with Crippen molar-refractivity contribution < 1.29 is 18.0 Å². The number of halogens is 1. The van der Waals surface area contributed by atoms with Crippen LogP contribution in [0.25, 0.3) is 0 Å². The summed E-state index contributed by atoms with van der Waals surface area (Å²) in [7, 11) is -2.96. The van der Waals surface area contributed by atoms with Crippen LogP contribution in [0.4, 0.5) is 0 Å². The van der Waals surface area contributed by atoms with Crippen LogP contribution in [0, 0.1) is 5.92 Å². The lowest BCUT2D eigenvalue weighted by atomic mass is 10.0. The van der Waals surface area contributed by atoms with E-state index in [4.69, 9.17) is 11.6 Å². The Morgan fingerprint density at radius 2 is 1.80 bits per heavy atom. The lowest BCUT2D eigenvalue weighted by molar-refractivity contribution is -0.133. The summed E-state index contributed by atoms with van der Waals surface area (Å²) in [5, 5.41) is 0.520. The van der Waals surface area contributed by atoms with E-state index in [0.29, 0.717) is 43.2 Å². The summed E-state index contributed by atoms with van der Waals surface area (Å²) in [6.07, 6.45) is 0.850. The van der Waals surface area contributed by atoms with E-state index in [1.54, 1.807) is 34.1 Å². The zero-order valence-electron chi connectivity index (χ0n) is 13.9. The van der Waals surface area contributed by atoms with Crippen LogP contribution in [-0.2, 0) is 14.6 Å². The van der Waals surface area contributed by atoms with Gasteiger partial charge >= 0.3 is 0 Å². The molecule has 0 saturated carbocycles. The average molecular weight is 385 g/mol. The molecule has 0 aromatic heterocycles. The van der Waals surface area contributed by atoms with Crippen molar-refractivity contribution in [3.63, 3.8) is 0 Å². The van der Waals surface area contributed by atoms with Crippen LogP contribution in [-0.4, -0.2) is 67.7 Å². The molecule has 1 unspecified atom stereocenters. The van der Waals surface area contributed by atoms with Gasteiger partial charge in [0.15, 0.2) is 9.84 Å². The fourth-order valence-corrected chi connectivity index (χ4v) is 5.42. The summed E-state index contributed by atoms with van der Waals surface area (Å²) in [5.41, 5.74) is 0.545. The van der Waals surface area contributed by atoms with Crippen LogP contribution in [0.2, 0.25) is 5.02 Å². The Morgan fingerprint density at radius 1 is 1.12 bits per heavy atom. The first-order valence-electron chi connectivity index (χ1n) is 8.37. The zero-order valence-corrected chi connectivity index (χ0v) is 15.4. The second kappa shape index (κ2) is 7.33. The molecule has 0 bridgehead atoms. The predicted molar refractivity (Wildman–Crippen MR) is 95.3 cm³/mol. The first kappa shape index (κ1) is 18.2. The standard InChI is InChI=1S/C17H21ClN2O4S/c18-15-3-1-2-14(11-15)17(22)20-7-5-19(6-8-20)16(21)10-13-4-9-25(23,24)12-13/h1-3,11,13H,4-10,12H2. The second-order valence-electron chi connectivity index (χ2n) is 6.66. The van der Waals surface area contributed by atoms with Crippen molar-refractivity contribution in [2.24, 2.45) is 5.92 Å². The maximum atomic E-state index is 12.5. The maximum absolute atomic E-state index is 12.5. The molecule has 0 spiro atoms. The normalized spacial score (nSPS) is 22.8. The Hall–Kier alpha value is -1.60. The SMILES string of the molecule is O=C(CC1CCS(=O)(=O)C1)N1CCN(C(=O)c2cccc(Cl)c2)CC1. The summed E-state index contributed by atoms with van der Waals surface area (Å²) in [6.45, 7) is 1.90. The van der Waals surface area contributed by atoms with Gasteiger partial charge in [-0.05, 0) is 30.5 Å². The van der Waals surface area contributed by atoms with Crippen LogP contribution in [0.3, 0.4) is 0 Å². The number of hydrogen-bond donors (Lipinski definition) is 0. The molecule has 25 heavy (non-hydrogen) atoms. The van der Waals surface area contributed by atoms with Crippen molar-refractivity contribution in [1.29, 1.82) is 0 Å². The van der Waals surface area contributed by atoms with Crippen molar-refractivity contribution in [1.82, 2.24) is 9.80 Å². The number of rotatable bonds is 3. The minimum atomic E-state index is -2.96. The first-order chi connectivity index (χ1) is 11.8.